The van der Waals surface area contributed by atoms with E-state index < -0.39 is 0 Å². The molecule has 1 atom stereocenters. The van der Waals surface area contributed by atoms with Gasteiger partial charge in [-0.25, -0.2) is 4.98 Å². The van der Waals surface area contributed by atoms with Crippen molar-refractivity contribution in [1.82, 2.24) is 14.9 Å². The highest BCUT2D eigenvalue weighted by atomic mass is 16.3. The number of imidazole rings is 1. The molecule has 1 aliphatic rings. The highest BCUT2D eigenvalue weighted by Crippen LogP contribution is 2.24. The molecule has 100 valence electrons. The van der Waals surface area contributed by atoms with Crippen molar-refractivity contribution in [3.8, 4) is 5.69 Å². The first-order valence-corrected chi connectivity index (χ1v) is 6.75. The van der Waals surface area contributed by atoms with Crippen molar-refractivity contribution in [2.75, 3.05) is 0 Å². The fourth-order valence-corrected chi connectivity index (χ4v) is 2.52. The van der Waals surface area contributed by atoms with Crippen molar-refractivity contribution >= 4 is 0 Å². The van der Waals surface area contributed by atoms with Gasteiger partial charge in [0.1, 0.15) is 0 Å². The zero-order valence-electron chi connectivity index (χ0n) is 11.0. The lowest BCUT2D eigenvalue weighted by molar-refractivity contribution is 0.0586. The van der Waals surface area contributed by atoms with Gasteiger partial charge in [-0.1, -0.05) is 12.1 Å². The Morgan fingerprint density at radius 2 is 2.05 bits per heavy atom. The lowest BCUT2D eigenvalue weighted by Gasteiger charge is -2.34. The minimum atomic E-state index is -0.103. The summed E-state index contributed by atoms with van der Waals surface area (Å²) >= 11 is 0. The van der Waals surface area contributed by atoms with Gasteiger partial charge in [-0.15, -0.1) is 0 Å². The largest absolute Gasteiger partial charge is 0.393 e. The SMILES string of the molecule is CC(NC1CC(O)C1)c1ccc(-n2ccnc2)cc1. The van der Waals surface area contributed by atoms with Crippen LogP contribution in [0, 0.1) is 0 Å². The van der Waals surface area contributed by atoms with Crippen molar-refractivity contribution in [1.29, 1.82) is 0 Å². The van der Waals surface area contributed by atoms with Gasteiger partial charge < -0.3 is 15.0 Å². The van der Waals surface area contributed by atoms with Gasteiger partial charge in [0, 0.05) is 30.2 Å². The Labute approximate surface area is 113 Å². The Bertz CT molecular complexity index is 515. The highest BCUT2D eigenvalue weighted by molar-refractivity contribution is 5.35. The summed E-state index contributed by atoms with van der Waals surface area (Å²) in [7, 11) is 0. The molecule has 1 aromatic heterocycles. The second-order valence-corrected chi connectivity index (χ2v) is 5.27. The first-order valence-electron chi connectivity index (χ1n) is 6.75. The molecular formula is C15H19N3O. The summed E-state index contributed by atoms with van der Waals surface area (Å²) in [6, 6.07) is 9.26. The van der Waals surface area contributed by atoms with E-state index in [4.69, 9.17) is 0 Å². The zero-order valence-corrected chi connectivity index (χ0v) is 11.0. The molecule has 0 radical (unpaired) electrons. The summed E-state index contributed by atoms with van der Waals surface area (Å²) in [5.74, 6) is 0. The van der Waals surface area contributed by atoms with E-state index >= 15 is 0 Å². The first-order chi connectivity index (χ1) is 9.22. The molecule has 1 saturated carbocycles. The summed E-state index contributed by atoms with van der Waals surface area (Å²) in [4.78, 5) is 4.05. The number of hydrogen-bond donors (Lipinski definition) is 2. The minimum absolute atomic E-state index is 0.103. The minimum Gasteiger partial charge on any atom is -0.393 e. The molecular weight excluding hydrogens is 238 g/mol. The van der Waals surface area contributed by atoms with Crippen molar-refractivity contribution in [2.45, 2.75) is 38.0 Å². The van der Waals surface area contributed by atoms with Crippen molar-refractivity contribution in [2.24, 2.45) is 0 Å². The van der Waals surface area contributed by atoms with Crippen molar-refractivity contribution in [3.05, 3.63) is 48.5 Å². The number of hydrogen-bond acceptors (Lipinski definition) is 3. The molecule has 4 nitrogen and oxygen atoms in total. The molecule has 0 amide bonds. The summed E-state index contributed by atoms with van der Waals surface area (Å²) in [6.45, 7) is 2.16. The molecule has 1 unspecified atom stereocenters. The van der Waals surface area contributed by atoms with E-state index in [1.54, 1.807) is 12.5 Å². The molecule has 1 heterocycles. The normalized spacial score (nSPS) is 23.9. The van der Waals surface area contributed by atoms with Gasteiger partial charge >= 0.3 is 0 Å². The van der Waals surface area contributed by atoms with Crippen molar-refractivity contribution in [3.63, 3.8) is 0 Å². The molecule has 3 rings (SSSR count). The van der Waals surface area contributed by atoms with Gasteiger partial charge in [-0.3, -0.25) is 0 Å². The standard InChI is InChI=1S/C15H19N3O/c1-11(17-13-8-15(19)9-13)12-2-4-14(5-3-12)18-7-6-16-10-18/h2-7,10-11,13,15,17,19H,8-9H2,1H3. The third kappa shape index (κ3) is 2.69. The Hall–Kier alpha value is -1.65. The van der Waals surface area contributed by atoms with Crippen LogP contribution < -0.4 is 5.32 Å². The smallest absolute Gasteiger partial charge is 0.0991 e. The second-order valence-electron chi connectivity index (χ2n) is 5.27. The lowest BCUT2D eigenvalue weighted by atomic mass is 9.88. The van der Waals surface area contributed by atoms with Crippen LogP contribution in [0.5, 0.6) is 0 Å². The number of aromatic nitrogens is 2. The van der Waals surface area contributed by atoms with Gasteiger partial charge in [-0.05, 0) is 37.5 Å². The monoisotopic (exact) mass is 257 g/mol. The van der Waals surface area contributed by atoms with Crippen LogP contribution in [0.15, 0.2) is 43.0 Å². The predicted octanol–water partition coefficient (Wildman–Crippen LogP) is 2.05. The van der Waals surface area contributed by atoms with Crippen LogP contribution in [-0.2, 0) is 0 Å². The Balaban J connectivity index is 1.65. The molecule has 2 N–H and O–H groups in total. The molecule has 0 spiro atoms. The summed E-state index contributed by atoms with van der Waals surface area (Å²) in [5, 5.41) is 12.8. The van der Waals surface area contributed by atoms with Gasteiger partial charge in [0.25, 0.3) is 0 Å². The van der Waals surface area contributed by atoms with E-state index in [9.17, 15) is 5.11 Å². The average molecular weight is 257 g/mol. The highest BCUT2D eigenvalue weighted by Gasteiger charge is 2.28. The maximum Gasteiger partial charge on any atom is 0.0991 e. The van der Waals surface area contributed by atoms with E-state index in [-0.39, 0.29) is 6.10 Å². The van der Waals surface area contributed by atoms with Crippen LogP contribution in [0.3, 0.4) is 0 Å². The van der Waals surface area contributed by atoms with E-state index in [1.807, 2.05) is 10.8 Å². The van der Waals surface area contributed by atoms with Crippen LogP contribution in [0.25, 0.3) is 5.69 Å². The number of benzene rings is 1. The maximum atomic E-state index is 9.30. The number of aliphatic hydroxyl groups is 1. The van der Waals surface area contributed by atoms with Gasteiger partial charge in [0.15, 0.2) is 0 Å². The summed E-state index contributed by atoms with van der Waals surface area (Å²) in [5.41, 5.74) is 2.39. The van der Waals surface area contributed by atoms with E-state index in [1.165, 1.54) is 5.56 Å². The molecule has 1 fully saturated rings. The topological polar surface area (TPSA) is 50.1 Å². The molecule has 0 saturated heterocycles. The van der Waals surface area contributed by atoms with Crippen molar-refractivity contribution < 1.29 is 5.11 Å². The molecule has 0 bridgehead atoms. The van der Waals surface area contributed by atoms with Crippen LogP contribution in [0.1, 0.15) is 31.4 Å². The second kappa shape index (κ2) is 5.15. The zero-order chi connectivity index (χ0) is 13.2. The maximum absolute atomic E-state index is 9.30. The fraction of sp³-hybridized carbons (Fsp3) is 0.400. The number of rotatable bonds is 4. The van der Waals surface area contributed by atoms with Crippen LogP contribution >= 0.6 is 0 Å². The Morgan fingerprint density at radius 3 is 2.63 bits per heavy atom. The van der Waals surface area contributed by atoms with Crippen LogP contribution in [-0.4, -0.2) is 26.8 Å². The Morgan fingerprint density at radius 1 is 1.32 bits per heavy atom. The molecule has 0 aliphatic heterocycles. The molecule has 19 heavy (non-hydrogen) atoms. The van der Waals surface area contributed by atoms with Crippen LogP contribution in [0.2, 0.25) is 0 Å². The first kappa shape index (κ1) is 12.4. The Kier molecular flexibility index (Phi) is 3.36. The fourth-order valence-electron chi connectivity index (χ4n) is 2.52. The molecule has 2 aromatic rings. The molecule has 1 aliphatic carbocycles. The number of nitrogens with zero attached hydrogens (tertiary/aromatic N) is 2. The van der Waals surface area contributed by atoms with E-state index in [0.717, 1.165) is 18.5 Å². The predicted molar refractivity (Wildman–Crippen MR) is 74.1 cm³/mol. The van der Waals surface area contributed by atoms with E-state index in [2.05, 4.69) is 41.5 Å². The van der Waals surface area contributed by atoms with E-state index in [0.29, 0.717) is 12.1 Å². The summed E-state index contributed by atoms with van der Waals surface area (Å²) in [6.07, 6.45) is 7.15. The molecule has 1 aromatic carbocycles. The quantitative estimate of drug-likeness (QED) is 0.881. The van der Waals surface area contributed by atoms with Gasteiger partial charge in [-0.2, -0.15) is 0 Å². The third-order valence-electron chi connectivity index (χ3n) is 3.79. The van der Waals surface area contributed by atoms with Gasteiger partial charge in [0.05, 0.1) is 12.4 Å². The third-order valence-corrected chi connectivity index (χ3v) is 3.79. The van der Waals surface area contributed by atoms with Crippen LogP contribution in [0.4, 0.5) is 0 Å². The number of nitrogens with one attached hydrogen (secondary N) is 1. The van der Waals surface area contributed by atoms with Gasteiger partial charge in [0.2, 0.25) is 0 Å². The number of aliphatic hydroxyl groups excluding tert-OH is 1. The summed E-state index contributed by atoms with van der Waals surface area (Å²) < 4.78 is 1.99. The average Bonchev–Trinajstić information content (AvgIpc) is 2.91. The lowest BCUT2D eigenvalue weighted by Crippen LogP contribution is -2.45. The molecule has 4 heteroatoms.